The fourth-order valence-corrected chi connectivity index (χ4v) is 4.21. The standard InChI is InChI=1S/C19H24N6O3/c1-22-13-14(10-21-22)15-11-20-12-16(15)19(26)24-8-6-23(7-9-24)17-4-2-3-5-18(17)25(27)28/h2-5,10,13,15-16,20H,6-9,11-12H2,1H3/t15-,16+/m1/s1. The lowest BCUT2D eigenvalue weighted by Gasteiger charge is -2.37. The number of nitrogens with zero attached hydrogens (tertiary/aromatic N) is 5. The van der Waals surface area contributed by atoms with Gasteiger partial charge in [0.25, 0.3) is 5.69 Å². The zero-order valence-electron chi connectivity index (χ0n) is 15.8. The smallest absolute Gasteiger partial charge is 0.292 e. The number of amides is 1. The maximum absolute atomic E-state index is 13.1. The van der Waals surface area contributed by atoms with Crippen molar-refractivity contribution < 1.29 is 9.72 Å². The van der Waals surface area contributed by atoms with Crippen molar-refractivity contribution in [3.63, 3.8) is 0 Å². The van der Waals surface area contributed by atoms with E-state index in [1.54, 1.807) is 16.8 Å². The summed E-state index contributed by atoms with van der Waals surface area (Å²) in [5.74, 6) is 0.192. The van der Waals surface area contributed by atoms with Crippen LogP contribution in [0, 0.1) is 16.0 Å². The molecule has 2 saturated heterocycles. The summed E-state index contributed by atoms with van der Waals surface area (Å²) in [7, 11) is 1.88. The molecule has 3 heterocycles. The lowest BCUT2D eigenvalue weighted by atomic mass is 9.89. The minimum atomic E-state index is -0.352. The molecule has 0 bridgehead atoms. The molecule has 1 aromatic carbocycles. The molecule has 1 aromatic heterocycles. The Morgan fingerprint density at radius 3 is 2.64 bits per heavy atom. The van der Waals surface area contributed by atoms with E-state index in [2.05, 4.69) is 10.4 Å². The van der Waals surface area contributed by atoms with Crippen molar-refractivity contribution in [1.82, 2.24) is 20.0 Å². The molecule has 1 N–H and O–H groups in total. The van der Waals surface area contributed by atoms with E-state index in [1.807, 2.05) is 35.3 Å². The zero-order valence-corrected chi connectivity index (χ0v) is 15.8. The van der Waals surface area contributed by atoms with Gasteiger partial charge < -0.3 is 15.1 Å². The monoisotopic (exact) mass is 384 g/mol. The molecular formula is C19H24N6O3. The van der Waals surface area contributed by atoms with Crippen molar-refractivity contribution in [2.75, 3.05) is 44.2 Å². The third kappa shape index (κ3) is 3.45. The van der Waals surface area contributed by atoms with Gasteiger partial charge in [-0.05, 0) is 11.6 Å². The normalized spacial score (nSPS) is 22.5. The van der Waals surface area contributed by atoms with E-state index in [4.69, 9.17) is 0 Å². The molecule has 2 atom stereocenters. The van der Waals surface area contributed by atoms with Gasteiger partial charge in [0.2, 0.25) is 5.91 Å². The number of nitrogens with one attached hydrogen (secondary N) is 1. The first-order valence-electron chi connectivity index (χ1n) is 9.51. The maximum atomic E-state index is 13.1. The highest BCUT2D eigenvalue weighted by molar-refractivity contribution is 5.81. The minimum absolute atomic E-state index is 0.0955. The molecule has 9 nitrogen and oxygen atoms in total. The van der Waals surface area contributed by atoms with Crippen LogP contribution < -0.4 is 10.2 Å². The summed E-state index contributed by atoms with van der Waals surface area (Å²) < 4.78 is 1.76. The molecular weight excluding hydrogens is 360 g/mol. The van der Waals surface area contributed by atoms with E-state index in [1.165, 1.54) is 6.07 Å². The van der Waals surface area contributed by atoms with E-state index in [0.29, 0.717) is 38.4 Å². The third-order valence-electron chi connectivity index (χ3n) is 5.69. The fraction of sp³-hybridized carbons (Fsp3) is 0.474. The number of nitro groups is 1. The van der Waals surface area contributed by atoms with Crippen LogP contribution in [0.2, 0.25) is 0 Å². The highest BCUT2D eigenvalue weighted by Gasteiger charge is 2.38. The van der Waals surface area contributed by atoms with Crippen LogP contribution in [0.5, 0.6) is 0 Å². The summed E-state index contributed by atoms with van der Waals surface area (Å²) >= 11 is 0. The molecule has 28 heavy (non-hydrogen) atoms. The number of carbonyl (C=O) groups excluding carboxylic acids is 1. The van der Waals surface area contributed by atoms with Crippen LogP contribution in [0.25, 0.3) is 0 Å². The van der Waals surface area contributed by atoms with Crippen LogP contribution in [0.15, 0.2) is 36.7 Å². The highest BCUT2D eigenvalue weighted by Crippen LogP contribution is 2.31. The van der Waals surface area contributed by atoms with Gasteiger partial charge in [0.1, 0.15) is 5.69 Å². The van der Waals surface area contributed by atoms with Crippen LogP contribution in [0.1, 0.15) is 11.5 Å². The Morgan fingerprint density at radius 1 is 1.21 bits per heavy atom. The van der Waals surface area contributed by atoms with Gasteiger partial charge in [-0.15, -0.1) is 0 Å². The van der Waals surface area contributed by atoms with Gasteiger partial charge in [-0.3, -0.25) is 19.6 Å². The van der Waals surface area contributed by atoms with Crippen molar-refractivity contribution >= 4 is 17.3 Å². The summed E-state index contributed by atoms with van der Waals surface area (Å²) in [4.78, 5) is 28.0. The summed E-state index contributed by atoms with van der Waals surface area (Å²) in [6.07, 6.45) is 3.81. The molecule has 0 aliphatic carbocycles. The minimum Gasteiger partial charge on any atom is -0.362 e. The number of benzene rings is 1. The second-order valence-corrected chi connectivity index (χ2v) is 7.38. The predicted molar refractivity (Wildman–Crippen MR) is 104 cm³/mol. The molecule has 1 amide bonds. The summed E-state index contributed by atoms with van der Waals surface area (Å²) in [5.41, 5.74) is 1.82. The number of rotatable bonds is 4. The number of aryl methyl sites for hydroxylation is 1. The highest BCUT2D eigenvalue weighted by atomic mass is 16.6. The van der Waals surface area contributed by atoms with Crippen molar-refractivity contribution in [3.8, 4) is 0 Å². The van der Waals surface area contributed by atoms with Gasteiger partial charge in [0.15, 0.2) is 0 Å². The van der Waals surface area contributed by atoms with Gasteiger partial charge in [0.05, 0.1) is 17.0 Å². The molecule has 2 aliphatic rings. The number of hydrogen-bond acceptors (Lipinski definition) is 6. The molecule has 2 aromatic rings. The van der Waals surface area contributed by atoms with Gasteiger partial charge >= 0.3 is 0 Å². The van der Waals surface area contributed by atoms with Crippen molar-refractivity contribution in [2.24, 2.45) is 13.0 Å². The van der Waals surface area contributed by atoms with Crippen molar-refractivity contribution in [3.05, 3.63) is 52.3 Å². The fourth-order valence-electron chi connectivity index (χ4n) is 4.21. The predicted octanol–water partition coefficient (Wildman–Crippen LogP) is 0.980. The third-order valence-corrected chi connectivity index (χ3v) is 5.69. The number of aromatic nitrogens is 2. The van der Waals surface area contributed by atoms with Crippen LogP contribution >= 0.6 is 0 Å². The van der Waals surface area contributed by atoms with E-state index < -0.39 is 0 Å². The van der Waals surface area contributed by atoms with Crippen LogP contribution in [-0.2, 0) is 11.8 Å². The second kappa shape index (κ2) is 7.59. The quantitative estimate of drug-likeness (QED) is 0.624. The zero-order chi connectivity index (χ0) is 19.7. The Morgan fingerprint density at radius 2 is 1.96 bits per heavy atom. The number of para-hydroxylation sites is 2. The van der Waals surface area contributed by atoms with E-state index in [9.17, 15) is 14.9 Å². The molecule has 148 valence electrons. The number of anilines is 1. The number of carbonyl (C=O) groups is 1. The molecule has 4 rings (SSSR count). The summed E-state index contributed by atoms with van der Waals surface area (Å²) in [5, 5.41) is 18.9. The lowest BCUT2D eigenvalue weighted by Crippen LogP contribution is -2.51. The van der Waals surface area contributed by atoms with Crippen molar-refractivity contribution in [1.29, 1.82) is 0 Å². The van der Waals surface area contributed by atoms with Crippen LogP contribution in [0.3, 0.4) is 0 Å². The Hall–Kier alpha value is -2.94. The average Bonchev–Trinajstić information content (AvgIpc) is 3.36. The van der Waals surface area contributed by atoms with E-state index in [-0.39, 0.29) is 28.4 Å². The van der Waals surface area contributed by atoms with Gasteiger partial charge in [-0.1, -0.05) is 12.1 Å². The summed E-state index contributed by atoms with van der Waals surface area (Å²) in [6, 6.07) is 6.78. The molecule has 2 fully saturated rings. The molecule has 0 unspecified atom stereocenters. The Kier molecular flexibility index (Phi) is 4.99. The first kappa shape index (κ1) is 18.4. The van der Waals surface area contributed by atoms with Gasteiger partial charge in [-0.2, -0.15) is 5.10 Å². The molecule has 9 heteroatoms. The Balaban J connectivity index is 1.42. The Labute approximate surface area is 163 Å². The SMILES string of the molecule is Cn1cc([C@H]2CNC[C@@H]2C(=O)N2CCN(c3ccccc3[N+](=O)[O-])CC2)cn1. The topological polar surface area (TPSA) is 96.5 Å². The first-order valence-corrected chi connectivity index (χ1v) is 9.51. The largest absolute Gasteiger partial charge is 0.362 e. The molecule has 2 aliphatic heterocycles. The maximum Gasteiger partial charge on any atom is 0.292 e. The summed E-state index contributed by atoms with van der Waals surface area (Å²) in [6.45, 7) is 3.77. The van der Waals surface area contributed by atoms with Crippen LogP contribution in [0.4, 0.5) is 11.4 Å². The second-order valence-electron chi connectivity index (χ2n) is 7.38. The molecule has 0 saturated carbocycles. The number of piperazine rings is 1. The number of nitro benzene ring substituents is 1. The van der Waals surface area contributed by atoms with E-state index >= 15 is 0 Å². The molecule has 0 radical (unpaired) electrons. The Bertz CT molecular complexity index is 874. The van der Waals surface area contributed by atoms with Crippen molar-refractivity contribution in [2.45, 2.75) is 5.92 Å². The van der Waals surface area contributed by atoms with Gasteiger partial charge in [0, 0.05) is 64.5 Å². The number of hydrogen-bond donors (Lipinski definition) is 1. The first-order chi connectivity index (χ1) is 13.5. The van der Waals surface area contributed by atoms with Crippen LogP contribution in [-0.4, -0.2) is 64.8 Å². The lowest BCUT2D eigenvalue weighted by molar-refractivity contribution is -0.384. The molecule has 0 spiro atoms. The average molecular weight is 384 g/mol. The van der Waals surface area contributed by atoms with Gasteiger partial charge in [-0.25, -0.2) is 0 Å². The van der Waals surface area contributed by atoms with E-state index in [0.717, 1.165) is 12.1 Å².